The fourth-order valence-electron chi connectivity index (χ4n) is 3.37. The molecule has 0 radical (unpaired) electrons. The number of carbonyl (C=O) groups excluding carboxylic acids is 2. The second-order valence-corrected chi connectivity index (χ2v) is 7.98. The van der Waals surface area contributed by atoms with Gasteiger partial charge in [-0.25, -0.2) is 0 Å². The zero-order valence-electron chi connectivity index (χ0n) is 20.4. The number of para-hydroxylation sites is 1. The van der Waals surface area contributed by atoms with Crippen LogP contribution in [0.4, 0.5) is 5.69 Å². The van der Waals surface area contributed by atoms with Crippen molar-refractivity contribution in [1.29, 1.82) is 5.26 Å². The number of hydrogen-bond donors (Lipinski definition) is 1. The van der Waals surface area contributed by atoms with Gasteiger partial charge in [0.05, 0.1) is 31.7 Å². The van der Waals surface area contributed by atoms with Gasteiger partial charge in [0.1, 0.15) is 0 Å². The zero-order chi connectivity index (χ0) is 24.8. The van der Waals surface area contributed by atoms with Gasteiger partial charge in [-0.3, -0.25) is 9.59 Å². The van der Waals surface area contributed by atoms with Crippen LogP contribution in [0.15, 0.2) is 48.5 Å². The average molecular weight is 466 g/mol. The number of nitriles is 1. The van der Waals surface area contributed by atoms with Gasteiger partial charge in [-0.1, -0.05) is 38.1 Å². The molecule has 0 bridgehead atoms. The van der Waals surface area contributed by atoms with Crippen LogP contribution in [0.1, 0.15) is 64.5 Å². The molecule has 2 aromatic rings. The highest BCUT2D eigenvalue weighted by Gasteiger charge is 2.18. The second kappa shape index (κ2) is 14.6. The van der Waals surface area contributed by atoms with E-state index in [0.29, 0.717) is 31.3 Å². The molecule has 0 heterocycles. The number of nitrogens with one attached hydrogen (secondary N) is 1. The van der Waals surface area contributed by atoms with Crippen molar-refractivity contribution in [3.05, 3.63) is 54.1 Å². The fourth-order valence-corrected chi connectivity index (χ4v) is 3.37. The van der Waals surface area contributed by atoms with Gasteiger partial charge in [-0.05, 0) is 49.6 Å². The summed E-state index contributed by atoms with van der Waals surface area (Å²) in [6, 6.07) is 16.7. The Hall–Kier alpha value is -3.53. The van der Waals surface area contributed by atoms with Crippen molar-refractivity contribution in [3.8, 4) is 17.6 Å². The van der Waals surface area contributed by atoms with Crippen LogP contribution in [0.5, 0.6) is 11.5 Å². The van der Waals surface area contributed by atoms with Crippen molar-refractivity contribution in [2.24, 2.45) is 0 Å². The Morgan fingerprint density at radius 3 is 2.32 bits per heavy atom. The Morgan fingerprint density at radius 1 is 1.00 bits per heavy atom. The van der Waals surface area contributed by atoms with Crippen LogP contribution in [0.2, 0.25) is 0 Å². The summed E-state index contributed by atoms with van der Waals surface area (Å²) in [5.74, 6) is 0.968. The first-order valence-corrected chi connectivity index (χ1v) is 11.9. The molecular weight excluding hydrogens is 430 g/mol. The second-order valence-electron chi connectivity index (χ2n) is 7.98. The standard InChI is InChI=1S/C27H35N3O4/c1-4-18-33-24-13-12-22(20-25(24)34-19-5-2)21(3)29-26(31)14-15-27(32)30(17-9-16-28)23-10-7-6-8-11-23/h6-8,10-13,20-21H,4-5,9,14-15,17-19H2,1-3H3,(H,29,31). The quantitative estimate of drug-likeness (QED) is 0.416. The van der Waals surface area contributed by atoms with E-state index < -0.39 is 0 Å². The first kappa shape index (κ1) is 26.7. The van der Waals surface area contributed by atoms with Crippen molar-refractivity contribution in [2.45, 2.75) is 58.9 Å². The van der Waals surface area contributed by atoms with Gasteiger partial charge in [0.2, 0.25) is 11.8 Å². The average Bonchev–Trinajstić information content (AvgIpc) is 2.86. The normalized spacial score (nSPS) is 11.2. The van der Waals surface area contributed by atoms with E-state index >= 15 is 0 Å². The van der Waals surface area contributed by atoms with Gasteiger partial charge < -0.3 is 19.7 Å². The van der Waals surface area contributed by atoms with Gasteiger partial charge >= 0.3 is 0 Å². The first-order valence-electron chi connectivity index (χ1n) is 11.9. The minimum atomic E-state index is -0.254. The van der Waals surface area contributed by atoms with Crippen LogP contribution >= 0.6 is 0 Å². The predicted molar refractivity (Wildman–Crippen MR) is 133 cm³/mol. The molecule has 0 aliphatic rings. The lowest BCUT2D eigenvalue weighted by Crippen LogP contribution is -2.33. The molecule has 0 saturated carbocycles. The number of carbonyl (C=O) groups is 2. The summed E-state index contributed by atoms with van der Waals surface area (Å²) in [6.07, 6.45) is 2.14. The molecule has 0 fully saturated rings. The van der Waals surface area contributed by atoms with Crippen molar-refractivity contribution >= 4 is 17.5 Å². The highest BCUT2D eigenvalue weighted by Crippen LogP contribution is 2.31. The van der Waals surface area contributed by atoms with Gasteiger partial charge in [-0.15, -0.1) is 0 Å². The van der Waals surface area contributed by atoms with Gasteiger partial charge in [0, 0.05) is 25.1 Å². The van der Waals surface area contributed by atoms with Crippen LogP contribution in [-0.2, 0) is 9.59 Å². The molecule has 0 saturated heterocycles. The molecule has 2 rings (SSSR count). The van der Waals surface area contributed by atoms with Crippen molar-refractivity contribution in [1.82, 2.24) is 5.32 Å². The maximum absolute atomic E-state index is 12.8. The molecule has 1 atom stereocenters. The Labute approximate surface area is 202 Å². The summed E-state index contributed by atoms with van der Waals surface area (Å²) in [5, 5.41) is 11.9. The summed E-state index contributed by atoms with van der Waals surface area (Å²) < 4.78 is 11.6. The lowest BCUT2D eigenvalue weighted by molar-refractivity contribution is -0.125. The highest BCUT2D eigenvalue weighted by molar-refractivity contribution is 5.95. The van der Waals surface area contributed by atoms with Crippen LogP contribution < -0.4 is 19.7 Å². The number of rotatable bonds is 14. The molecule has 1 unspecified atom stereocenters. The summed E-state index contributed by atoms with van der Waals surface area (Å²) >= 11 is 0. The number of nitrogens with zero attached hydrogens (tertiary/aromatic N) is 2. The van der Waals surface area contributed by atoms with E-state index in [2.05, 4.69) is 11.4 Å². The summed E-state index contributed by atoms with van der Waals surface area (Å²) in [6.45, 7) is 7.47. The summed E-state index contributed by atoms with van der Waals surface area (Å²) in [4.78, 5) is 26.9. The lowest BCUT2D eigenvalue weighted by Gasteiger charge is -2.22. The molecule has 0 aliphatic heterocycles. The minimum absolute atomic E-state index is 0.0630. The van der Waals surface area contributed by atoms with Crippen molar-refractivity contribution in [3.63, 3.8) is 0 Å². The van der Waals surface area contributed by atoms with E-state index in [-0.39, 0.29) is 37.1 Å². The number of benzene rings is 2. The molecule has 7 heteroatoms. The Balaban J connectivity index is 1.98. The van der Waals surface area contributed by atoms with E-state index in [1.807, 2.05) is 69.3 Å². The molecule has 0 spiro atoms. The maximum Gasteiger partial charge on any atom is 0.227 e. The number of amides is 2. The third-order valence-electron chi connectivity index (χ3n) is 5.15. The van der Waals surface area contributed by atoms with Crippen LogP contribution in [0, 0.1) is 11.3 Å². The molecular formula is C27H35N3O4. The molecule has 0 aromatic heterocycles. The van der Waals surface area contributed by atoms with Gasteiger partial charge in [-0.2, -0.15) is 5.26 Å². The Morgan fingerprint density at radius 2 is 1.68 bits per heavy atom. The van der Waals surface area contributed by atoms with E-state index in [4.69, 9.17) is 14.7 Å². The van der Waals surface area contributed by atoms with E-state index in [0.717, 1.165) is 24.1 Å². The molecule has 7 nitrogen and oxygen atoms in total. The smallest absolute Gasteiger partial charge is 0.227 e. The third-order valence-corrected chi connectivity index (χ3v) is 5.15. The molecule has 2 amide bonds. The number of ether oxygens (including phenoxy) is 2. The number of anilines is 1. The van der Waals surface area contributed by atoms with Crippen LogP contribution in [0.25, 0.3) is 0 Å². The SMILES string of the molecule is CCCOc1ccc(C(C)NC(=O)CCC(=O)N(CCC#N)c2ccccc2)cc1OCCC. The summed E-state index contributed by atoms with van der Waals surface area (Å²) in [7, 11) is 0. The zero-order valence-corrected chi connectivity index (χ0v) is 20.4. The molecule has 34 heavy (non-hydrogen) atoms. The van der Waals surface area contributed by atoms with E-state index in [9.17, 15) is 9.59 Å². The van der Waals surface area contributed by atoms with Crippen molar-refractivity contribution < 1.29 is 19.1 Å². The monoisotopic (exact) mass is 465 g/mol. The van der Waals surface area contributed by atoms with Gasteiger partial charge in [0.25, 0.3) is 0 Å². The van der Waals surface area contributed by atoms with Gasteiger partial charge in [0.15, 0.2) is 11.5 Å². The molecule has 182 valence electrons. The first-order chi connectivity index (χ1) is 16.5. The molecule has 2 aromatic carbocycles. The van der Waals surface area contributed by atoms with E-state index in [1.54, 1.807) is 4.90 Å². The lowest BCUT2D eigenvalue weighted by atomic mass is 10.1. The Bertz CT molecular complexity index is 956. The fraction of sp³-hybridized carbons (Fsp3) is 0.444. The highest BCUT2D eigenvalue weighted by atomic mass is 16.5. The minimum Gasteiger partial charge on any atom is -0.490 e. The topological polar surface area (TPSA) is 91.7 Å². The largest absolute Gasteiger partial charge is 0.490 e. The molecule has 0 aliphatic carbocycles. The van der Waals surface area contributed by atoms with Crippen LogP contribution in [-0.4, -0.2) is 31.6 Å². The Kier molecular flexibility index (Phi) is 11.5. The number of hydrogen-bond acceptors (Lipinski definition) is 5. The van der Waals surface area contributed by atoms with Crippen LogP contribution in [0.3, 0.4) is 0 Å². The maximum atomic E-state index is 12.8. The van der Waals surface area contributed by atoms with E-state index in [1.165, 1.54) is 0 Å². The molecule has 1 N–H and O–H groups in total. The summed E-state index contributed by atoms with van der Waals surface area (Å²) in [5.41, 5.74) is 1.62. The third kappa shape index (κ3) is 8.43. The van der Waals surface area contributed by atoms with Crippen molar-refractivity contribution in [2.75, 3.05) is 24.7 Å². The predicted octanol–water partition coefficient (Wildman–Crippen LogP) is 5.17.